The monoisotopic (exact) mass is 233 g/mol. The number of benzene rings is 1. The normalized spacial score (nSPS) is 12.3. The molecule has 1 rings (SSSR count). The van der Waals surface area contributed by atoms with Gasteiger partial charge >= 0.3 is 5.97 Å². The Morgan fingerprint density at radius 2 is 1.94 bits per heavy atom. The molecule has 0 aliphatic rings. The lowest BCUT2D eigenvalue weighted by molar-refractivity contribution is -0.142. The fraction of sp³-hybridized carbons (Fsp3) is 0.300. The van der Waals surface area contributed by atoms with Crippen LogP contribution in [-0.4, -0.2) is 19.1 Å². The lowest BCUT2D eigenvalue weighted by Gasteiger charge is -2.10. The summed E-state index contributed by atoms with van der Waals surface area (Å²) in [5, 5.41) is 0. The molecule has 1 atom stereocenters. The molecule has 6 heteroatoms. The Morgan fingerprint density at radius 3 is 2.50 bits per heavy atom. The Morgan fingerprint density at radius 1 is 1.38 bits per heavy atom. The Labute approximate surface area is 90.0 Å². The van der Waals surface area contributed by atoms with Gasteiger partial charge in [-0.2, -0.15) is 0 Å². The number of hydrogen-bond acceptors (Lipinski definition) is 3. The maximum absolute atomic E-state index is 13.2. The number of halogens is 3. The first kappa shape index (κ1) is 12.5. The molecule has 1 unspecified atom stereocenters. The summed E-state index contributed by atoms with van der Waals surface area (Å²) < 4.78 is 43.4. The van der Waals surface area contributed by atoms with Crippen LogP contribution in [0.4, 0.5) is 13.2 Å². The van der Waals surface area contributed by atoms with E-state index in [1.165, 1.54) is 0 Å². The van der Waals surface area contributed by atoms with Gasteiger partial charge in [-0.3, -0.25) is 4.79 Å². The molecule has 1 aromatic carbocycles. The van der Waals surface area contributed by atoms with Gasteiger partial charge in [0.1, 0.15) is 11.9 Å². The molecule has 0 fully saturated rings. The molecule has 2 N–H and O–H groups in total. The summed E-state index contributed by atoms with van der Waals surface area (Å²) in [6.07, 6.45) is -0.456. The van der Waals surface area contributed by atoms with Crippen LogP contribution in [0, 0.1) is 17.5 Å². The second kappa shape index (κ2) is 4.98. The third-order valence-electron chi connectivity index (χ3n) is 2.07. The average molecular weight is 233 g/mol. The minimum Gasteiger partial charge on any atom is -0.468 e. The topological polar surface area (TPSA) is 52.3 Å². The number of rotatable bonds is 3. The van der Waals surface area contributed by atoms with Gasteiger partial charge < -0.3 is 10.5 Å². The van der Waals surface area contributed by atoms with Crippen molar-refractivity contribution in [3.63, 3.8) is 0 Å². The van der Waals surface area contributed by atoms with Crippen molar-refractivity contribution in [3.8, 4) is 0 Å². The van der Waals surface area contributed by atoms with Gasteiger partial charge in [0.2, 0.25) is 0 Å². The molecule has 3 nitrogen and oxygen atoms in total. The highest BCUT2D eigenvalue weighted by molar-refractivity contribution is 5.75. The summed E-state index contributed by atoms with van der Waals surface area (Å²) in [6, 6.07) is 0.214. The van der Waals surface area contributed by atoms with Crippen LogP contribution in [0.15, 0.2) is 12.1 Å². The van der Waals surface area contributed by atoms with E-state index in [0.29, 0.717) is 6.07 Å². The SMILES string of the molecule is COC(=O)C(N)Cc1c(F)ccc(F)c1F. The van der Waals surface area contributed by atoms with Gasteiger partial charge in [-0.1, -0.05) is 0 Å². The van der Waals surface area contributed by atoms with E-state index in [4.69, 9.17) is 5.73 Å². The zero-order valence-electron chi connectivity index (χ0n) is 8.47. The van der Waals surface area contributed by atoms with Gasteiger partial charge in [0, 0.05) is 12.0 Å². The molecular formula is C10H10F3NO2. The van der Waals surface area contributed by atoms with Crippen LogP contribution >= 0.6 is 0 Å². The van der Waals surface area contributed by atoms with E-state index in [9.17, 15) is 18.0 Å². The number of nitrogens with two attached hydrogens (primary N) is 1. The van der Waals surface area contributed by atoms with E-state index in [2.05, 4.69) is 4.74 Å². The molecule has 0 saturated heterocycles. The number of esters is 1. The summed E-state index contributed by atoms with van der Waals surface area (Å²) >= 11 is 0. The van der Waals surface area contributed by atoms with Crippen molar-refractivity contribution in [2.45, 2.75) is 12.5 Å². The van der Waals surface area contributed by atoms with E-state index >= 15 is 0 Å². The Bertz CT molecular complexity index is 409. The molecule has 0 saturated carbocycles. The van der Waals surface area contributed by atoms with Gasteiger partial charge in [-0.25, -0.2) is 13.2 Å². The van der Waals surface area contributed by atoms with Crippen molar-refractivity contribution >= 4 is 5.97 Å². The van der Waals surface area contributed by atoms with Crippen molar-refractivity contribution < 1.29 is 22.7 Å². The summed E-state index contributed by atoms with van der Waals surface area (Å²) in [4.78, 5) is 10.9. The Kier molecular flexibility index (Phi) is 3.89. The van der Waals surface area contributed by atoms with Crippen molar-refractivity contribution in [3.05, 3.63) is 35.1 Å². The fourth-order valence-electron chi connectivity index (χ4n) is 1.21. The third-order valence-corrected chi connectivity index (χ3v) is 2.07. The number of hydrogen-bond donors (Lipinski definition) is 1. The summed E-state index contributed by atoms with van der Waals surface area (Å²) in [7, 11) is 1.10. The Hall–Kier alpha value is -1.56. The maximum Gasteiger partial charge on any atom is 0.322 e. The van der Waals surface area contributed by atoms with E-state index in [0.717, 1.165) is 13.2 Å². The molecule has 88 valence electrons. The standard InChI is InChI=1S/C10H10F3NO2/c1-16-10(15)8(14)4-5-6(11)2-3-7(12)9(5)13/h2-3,8H,4,14H2,1H3. The summed E-state index contributed by atoms with van der Waals surface area (Å²) in [5.74, 6) is -4.28. The lowest BCUT2D eigenvalue weighted by atomic mass is 10.1. The van der Waals surface area contributed by atoms with Crippen LogP contribution in [0.2, 0.25) is 0 Å². The molecule has 0 aliphatic carbocycles. The van der Waals surface area contributed by atoms with Gasteiger partial charge in [-0.05, 0) is 12.1 Å². The van der Waals surface area contributed by atoms with Gasteiger partial charge in [0.05, 0.1) is 7.11 Å². The minimum absolute atomic E-state index is 0.456. The zero-order chi connectivity index (χ0) is 12.3. The second-order valence-corrected chi connectivity index (χ2v) is 3.16. The number of ether oxygens (including phenoxy) is 1. The highest BCUT2D eigenvalue weighted by Gasteiger charge is 2.21. The minimum atomic E-state index is -1.33. The predicted molar refractivity (Wildman–Crippen MR) is 50.0 cm³/mol. The van der Waals surface area contributed by atoms with Crippen LogP contribution < -0.4 is 5.73 Å². The van der Waals surface area contributed by atoms with E-state index in [1.54, 1.807) is 0 Å². The zero-order valence-corrected chi connectivity index (χ0v) is 8.47. The Balaban J connectivity index is 2.97. The summed E-state index contributed by atoms with van der Waals surface area (Å²) in [5.41, 5.74) is 4.76. The molecule has 1 aromatic rings. The van der Waals surface area contributed by atoms with Crippen molar-refractivity contribution in [2.75, 3.05) is 7.11 Å². The van der Waals surface area contributed by atoms with Gasteiger partial charge in [-0.15, -0.1) is 0 Å². The number of methoxy groups -OCH3 is 1. The molecule has 0 radical (unpaired) electrons. The van der Waals surface area contributed by atoms with Crippen molar-refractivity contribution in [2.24, 2.45) is 5.73 Å². The van der Waals surface area contributed by atoms with Crippen LogP contribution in [-0.2, 0) is 16.0 Å². The quantitative estimate of drug-likeness (QED) is 0.629. The maximum atomic E-state index is 13.2. The van der Waals surface area contributed by atoms with Crippen LogP contribution in [0.5, 0.6) is 0 Å². The van der Waals surface area contributed by atoms with Crippen LogP contribution in [0.25, 0.3) is 0 Å². The summed E-state index contributed by atoms with van der Waals surface area (Å²) in [6.45, 7) is 0. The first-order chi connectivity index (χ1) is 7.47. The average Bonchev–Trinajstić information content (AvgIpc) is 2.28. The molecular weight excluding hydrogens is 223 g/mol. The highest BCUT2D eigenvalue weighted by atomic mass is 19.2. The van der Waals surface area contributed by atoms with Crippen molar-refractivity contribution in [1.82, 2.24) is 0 Å². The lowest BCUT2D eigenvalue weighted by Crippen LogP contribution is -2.34. The van der Waals surface area contributed by atoms with Gasteiger partial charge in [0.25, 0.3) is 0 Å². The van der Waals surface area contributed by atoms with E-state index in [-0.39, 0.29) is 0 Å². The van der Waals surface area contributed by atoms with Gasteiger partial charge in [0.15, 0.2) is 11.6 Å². The molecule has 0 heterocycles. The smallest absolute Gasteiger partial charge is 0.322 e. The van der Waals surface area contributed by atoms with E-state index in [1.807, 2.05) is 0 Å². The second-order valence-electron chi connectivity index (χ2n) is 3.16. The third kappa shape index (κ3) is 2.52. The fourth-order valence-corrected chi connectivity index (χ4v) is 1.21. The molecule has 0 aromatic heterocycles. The molecule has 16 heavy (non-hydrogen) atoms. The molecule has 0 bridgehead atoms. The number of carbonyl (C=O) groups is 1. The van der Waals surface area contributed by atoms with E-state index < -0.39 is 41.4 Å². The molecule has 0 aliphatic heterocycles. The van der Waals surface area contributed by atoms with Crippen molar-refractivity contribution in [1.29, 1.82) is 0 Å². The largest absolute Gasteiger partial charge is 0.468 e. The predicted octanol–water partition coefficient (Wildman–Crippen LogP) is 1.15. The van der Waals surface area contributed by atoms with Crippen LogP contribution in [0.3, 0.4) is 0 Å². The molecule has 0 amide bonds. The number of carbonyl (C=O) groups excluding carboxylic acids is 1. The molecule has 0 spiro atoms. The van der Waals surface area contributed by atoms with Crippen LogP contribution in [0.1, 0.15) is 5.56 Å². The first-order valence-electron chi connectivity index (χ1n) is 4.43. The first-order valence-corrected chi connectivity index (χ1v) is 4.43. The highest BCUT2D eigenvalue weighted by Crippen LogP contribution is 2.17.